The zero-order valence-corrected chi connectivity index (χ0v) is 12.2. The lowest BCUT2D eigenvalue weighted by Gasteiger charge is -2.00. The minimum Gasteiger partial charge on any atom is -0.217 e. The minimum absolute atomic E-state index is 0.0244. The predicted molar refractivity (Wildman–Crippen MR) is 73.2 cm³/mol. The number of hydrogen-bond donors (Lipinski definition) is 2. The van der Waals surface area contributed by atoms with Gasteiger partial charge >= 0.3 is 0 Å². The maximum absolute atomic E-state index is 12.2. The molecule has 2 rings (SSSR count). The lowest BCUT2D eigenvalue weighted by molar-refractivity contribution is 0.594. The van der Waals surface area contributed by atoms with Gasteiger partial charge < -0.3 is 0 Å². The molecule has 0 saturated carbocycles. The molecule has 1 aromatic carbocycles. The van der Waals surface area contributed by atoms with Crippen LogP contribution in [-0.2, 0) is 9.84 Å². The van der Waals surface area contributed by atoms with Crippen LogP contribution in [0.4, 0.5) is 0 Å². The van der Waals surface area contributed by atoms with Crippen molar-refractivity contribution < 1.29 is 8.42 Å². The Bertz CT molecular complexity index is 624. The second-order valence-electron chi connectivity index (χ2n) is 3.43. The van der Waals surface area contributed by atoms with Gasteiger partial charge in [-0.1, -0.05) is 29.0 Å². The topological polar surface area (TPSA) is 47.0 Å². The second kappa shape index (κ2) is 4.64. The fourth-order valence-corrected chi connectivity index (χ4v) is 4.41. The summed E-state index contributed by atoms with van der Waals surface area (Å²) in [6.07, 6.45) is 0. The van der Waals surface area contributed by atoms with Crippen molar-refractivity contribution in [3.8, 4) is 0 Å². The summed E-state index contributed by atoms with van der Waals surface area (Å²) in [7, 11) is -3.55. The predicted octanol–water partition coefficient (Wildman–Crippen LogP) is 2.86. The van der Waals surface area contributed by atoms with E-state index in [0.717, 1.165) is 16.9 Å². The molecule has 3 nitrogen and oxygen atoms in total. The first-order valence-electron chi connectivity index (χ1n) is 4.62. The molecule has 2 aromatic rings. The van der Waals surface area contributed by atoms with E-state index < -0.39 is 9.84 Å². The molecule has 0 spiro atoms. The molecular formula is C10H9NO2S4. The summed E-state index contributed by atoms with van der Waals surface area (Å²) in [5.41, 5.74) is 1.01. The number of aromatic nitrogens is 1. The van der Waals surface area contributed by atoms with Gasteiger partial charge in [-0.15, -0.1) is 25.3 Å². The van der Waals surface area contributed by atoms with Crippen molar-refractivity contribution in [3.05, 3.63) is 29.8 Å². The van der Waals surface area contributed by atoms with Crippen LogP contribution in [0, 0.1) is 6.92 Å². The molecular weight excluding hydrogens is 294 g/mol. The highest BCUT2D eigenvalue weighted by Gasteiger charge is 2.22. The van der Waals surface area contributed by atoms with Crippen molar-refractivity contribution in [3.63, 3.8) is 0 Å². The third-order valence-electron chi connectivity index (χ3n) is 2.13. The molecule has 1 aromatic heterocycles. The number of nitrogens with zero attached hydrogens (tertiary/aromatic N) is 1. The third kappa shape index (κ3) is 2.52. The summed E-state index contributed by atoms with van der Waals surface area (Å²) in [5.74, 6) is 0. The van der Waals surface area contributed by atoms with Crippen molar-refractivity contribution in [1.29, 1.82) is 0 Å². The number of benzene rings is 1. The molecule has 0 atom stereocenters. The summed E-state index contributed by atoms with van der Waals surface area (Å²) in [4.78, 5) is 4.13. The molecule has 0 aliphatic carbocycles. The molecule has 0 saturated heterocycles. The Kier molecular flexibility index (Phi) is 3.53. The van der Waals surface area contributed by atoms with E-state index in [9.17, 15) is 8.42 Å². The SMILES string of the molecule is Cc1ccc(S(=O)(=O)c2nc(S)c(S)s2)cc1. The van der Waals surface area contributed by atoms with Crippen molar-refractivity contribution in [2.45, 2.75) is 25.4 Å². The largest absolute Gasteiger partial charge is 0.233 e. The number of sulfone groups is 1. The number of thiol groups is 2. The van der Waals surface area contributed by atoms with E-state index in [2.05, 4.69) is 30.2 Å². The first-order valence-corrected chi connectivity index (χ1v) is 7.81. The van der Waals surface area contributed by atoms with Crippen LogP contribution < -0.4 is 0 Å². The van der Waals surface area contributed by atoms with E-state index in [0.29, 0.717) is 9.24 Å². The van der Waals surface area contributed by atoms with Gasteiger partial charge in [-0.25, -0.2) is 13.4 Å². The number of hydrogen-bond acceptors (Lipinski definition) is 6. The average Bonchev–Trinajstić information content (AvgIpc) is 2.60. The molecule has 90 valence electrons. The van der Waals surface area contributed by atoms with Crippen LogP contribution in [0.5, 0.6) is 0 Å². The summed E-state index contributed by atoms with van der Waals surface area (Å²) in [5, 5.41) is 0.337. The molecule has 0 N–H and O–H groups in total. The van der Waals surface area contributed by atoms with Gasteiger partial charge in [-0.3, -0.25) is 0 Å². The summed E-state index contributed by atoms with van der Waals surface area (Å²) in [6.45, 7) is 1.90. The van der Waals surface area contributed by atoms with Gasteiger partial charge in [0.2, 0.25) is 14.2 Å². The number of rotatable bonds is 2. The highest BCUT2D eigenvalue weighted by molar-refractivity contribution is 7.94. The van der Waals surface area contributed by atoms with E-state index in [1.807, 2.05) is 6.92 Å². The standard InChI is InChI=1S/C10H9NO2S4/c1-6-2-4-7(5-3-6)17(12,13)10-11-8(14)9(15)16-10/h2-5,14-15H,1H3. The maximum atomic E-state index is 12.2. The van der Waals surface area contributed by atoms with Crippen LogP contribution in [0.2, 0.25) is 0 Å². The Morgan fingerprint density at radius 1 is 1.18 bits per heavy atom. The van der Waals surface area contributed by atoms with Crippen LogP contribution in [0.15, 0.2) is 42.7 Å². The summed E-state index contributed by atoms with van der Waals surface area (Å²) in [6, 6.07) is 6.65. The normalized spacial score (nSPS) is 11.7. The van der Waals surface area contributed by atoms with Gasteiger partial charge in [0, 0.05) is 0 Å². The smallest absolute Gasteiger partial charge is 0.217 e. The van der Waals surface area contributed by atoms with Gasteiger partial charge in [0.15, 0.2) is 0 Å². The van der Waals surface area contributed by atoms with Gasteiger partial charge in [-0.2, -0.15) is 0 Å². The van der Waals surface area contributed by atoms with Crippen LogP contribution in [-0.4, -0.2) is 13.4 Å². The second-order valence-corrected chi connectivity index (χ2v) is 7.72. The van der Waals surface area contributed by atoms with E-state index in [-0.39, 0.29) is 9.24 Å². The Balaban J connectivity index is 2.53. The molecule has 0 radical (unpaired) electrons. The van der Waals surface area contributed by atoms with Gasteiger partial charge in [-0.05, 0) is 19.1 Å². The first-order chi connectivity index (χ1) is 7.91. The van der Waals surface area contributed by atoms with Gasteiger partial charge in [0.25, 0.3) is 0 Å². The minimum atomic E-state index is -3.55. The monoisotopic (exact) mass is 303 g/mol. The van der Waals surface area contributed by atoms with Crippen LogP contribution >= 0.6 is 36.6 Å². The fraction of sp³-hybridized carbons (Fsp3) is 0.100. The molecule has 0 fully saturated rings. The Hall–Kier alpha value is -0.500. The van der Waals surface area contributed by atoms with Crippen molar-refractivity contribution in [2.75, 3.05) is 0 Å². The average molecular weight is 303 g/mol. The van der Waals surface area contributed by atoms with E-state index in [1.165, 1.54) is 0 Å². The first kappa shape index (κ1) is 12.9. The zero-order valence-electron chi connectivity index (χ0n) is 8.78. The highest BCUT2D eigenvalue weighted by atomic mass is 32.2. The third-order valence-corrected chi connectivity index (χ3v) is 6.28. The van der Waals surface area contributed by atoms with Crippen LogP contribution in [0.3, 0.4) is 0 Å². The Morgan fingerprint density at radius 3 is 2.24 bits per heavy atom. The quantitative estimate of drug-likeness (QED) is 0.839. The number of thiazole rings is 1. The van der Waals surface area contributed by atoms with Crippen molar-refractivity contribution >= 4 is 46.4 Å². The molecule has 0 unspecified atom stereocenters. The Morgan fingerprint density at radius 2 is 1.76 bits per heavy atom. The molecule has 0 aliphatic rings. The highest BCUT2D eigenvalue weighted by Crippen LogP contribution is 2.31. The van der Waals surface area contributed by atoms with E-state index in [1.54, 1.807) is 24.3 Å². The maximum Gasteiger partial charge on any atom is 0.233 e. The van der Waals surface area contributed by atoms with Crippen molar-refractivity contribution in [2.24, 2.45) is 0 Å². The summed E-state index contributed by atoms with van der Waals surface area (Å²) >= 11 is 9.14. The van der Waals surface area contributed by atoms with Crippen LogP contribution in [0.1, 0.15) is 5.56 Å². The lowest BCUT2D eigenvalue weighted by atomic mass is 10.2. The molecule has 0 amide bonds. The van der Waals surface area contributed by atoms with Gasteiger partial charge in [0.1, 0.15) is 5.03 Å². The molecule has 17 heavy (non-hydrogen) atoms. The van der Waals surface area contributed by atoms with E-state index >= 15 is 0 Å². The molecule has 0 aliphatic heterocycles. The molecule has 0 bridgehead atoms. The van der Waals surface area contributed by atoms with Crippen LogP contribution in [0.25, 0.3) is 0 Å². The number of aryl methyl sites for hydroxylation is 1. The zero-order chi connectivity index (χ0) is 12.6. The lowest BCUT2D eigenvalue weighted by Crippen LogP contribution is -2.01. The van der Waals surface area contributed by atoms with Gasteiger partial charge in [0.05, 0.1) is 9.10 Å². The molecule has 1 heterocycles. The fourth-order valence-electron chi connectivity index (χ4n) is 1.22. The Labute approximate surface area is 115 Å². The van der Waals surface area contributed by atoms with Crippen molar-refractivity contribution in [1.82, 2.24) is 4.98 Å². The van der Waals surface area contributed by atoms with E-state index in [4.69, 9.17) is 0 Å². The summed E-state index contributed by atoms with van der Waals surface area (Å²) < 4.78 is 24.9. The molecule has 7 heteroatoms.